The highest BCUT2D eigenvalue weighted by atomic mass is 16.5. The quantitative estimate of drug-likeness (QED) is 0.463. The first-order valence-corrected chi connectivity index (χ1v) is 10.4. The molecule has 2 bridgehead atoms. The van der Waals surface area contributed by atoms with Crippen LogP contribution >= 0.6 is 0 Å². The van der Waals surface area contributed by atoms with Gasteiger partial charge in [0.2, 0.25) is 0 Å². The number of hydrogen-bond donors (Lipinski definition) is 3. The average molecular weight is 440 g/mol. The van der Waals surface area contributed by atoms with E-state index in [-0.39, 0.29) is 6.04 Å². The monoisotopic (exact) mass is 440 g/mol. The SMILES string of the molecule is C=C[C@@H]1CN2CCC1C[C@H]2C(O)c1ccnc2ccc(OC)cc12.O=C(O)/C=C/C(=O)O. The molecule has 0 amide bonds. The second kappa shape index (κ2) is 10.4. The van der Waals surface area contributed by atoms with Gasteiger partial charge < -0.3 is 20.1 Å². The number of ether oxygens (including phenoxy) is 1. The van der Waals surface area contributed by atoms with Gasteiger partial charge in [0.25, 0.3) is 0 Å². The van der Waals surface area contributed by atoms with Gasteiger partial charge >= 0.3 is 11.9 Å². The molecule has 0 spiro atoms. The van der Waals surface area contributed by atoms with Crippen molar-refractivity contribution >= 4 is 22.8 Å². The van der Waals surface area contributed by atoms with Gasteiger partial charge in [-0.3, -0.25) is 9.88 Å². The van der Waals surface area contributed by atoms with Crippen LogP contribution in [0.5, 0.6) is 5.75 Å². The lowest BCUT2D eigenvalue weighted by atomic mass is 9.73. The number of rotatable bonds is 6. The largest absolute Gasteiger partial charge is 0.497 e. The van der Waals surface area contributed by atoms with Crippen molar-refractivity contribution in [2.75, 3.05) is 20.2 Å². The lowest BCUT2D eigenvalue weighted by molar-refractivity contribution is -0.134. The molecule has 8 heteroatoms. The highest BCUT2D eigenvalue weighted by molar-refractivity contribution is 5.89. The summed E-state index contributed by atoms with van der Waals surface area (Å²) in [6.07, 6.45) is 6.74. The van der Waals surface area contributed by atoms with Gasteiger partial charge in [0, 0.05) is 36.3 Å². The topological polar surface area (TPSA) is 120 Å². The van der Waals surface area contributed by atoms with Gasteiger partial charge in [-0.15, -0.1) is 6.58 Å². The number of aliphatic hydroxyl groups excluding tert-OH is 1. The van der Waals surface area contributed by atoms with E-state index in [0.29, 0.717) is 24.0 Å². The number of nitrogens with zero attached hydrogens (tertiary/aromatic N) is 2. The van der Waals surface area contributed by atoms with E-state index < -0.39 is 18.0 Å². The van der Waals surface area contributed by atoms with Crippen molar-refractivity contribution in [1.29, 1.82) is 0 Å². The van der Waals surface area contributed by atoms with Crippen LogP contribution in [0.3, 0.4) is 0 Å². The van der Waals surface area contributed by atoms with Crippen LogP contribution in [-0.4, -0.2) is 63.4 Å². The van der Waals surface area contributed by atoms with Gasteiger partial charge in [0.1, 0.15) is 5.75 Å². The predicted octanol–water partition coefficient (Wildman–Crippen LogP) is 2.88. The van der Waals surface area contributed by atoms with E-state index in [2.05, 4.69) is 22.5 Å². The summed E-state index contributed by atoms with van der Waals surface area (Å²) in [6, 6.07) is 7.96. The molecule has 3 N–H and O–H groups in total. The highest BCUT2D eigenvalue weighted by Gasteiger charge is 2.42. The molecule has 1 aromatic carbocycles. The minimum Gasteiger partial charge on any atom is -0.497 e. The van der Waals surface area contributed by atoms with Crippen molar-refractivity contribution < 1.29 is 29.6 Å². The number of carboxylic acids is 2. The Morgan fingerprint density at radius 1 is 1.25 bits per heavy atom. The number of benzene rings is 1. The van der Waals surface area contributed by atoms with Gasteiger partial charge in [-0.25, -0.2) is 9.59 Å². The van der Waals surface area contributed by atoms with E-state index in [1.807, 2.05) is 24.3 Å². The maximum atomic E-state index is 11.2. The summed E-state index contributed by atoms with van der Waals surface area (Å²) in [6.45, 7) is 6.07. The van der Waals surface area contributed by atoms with Gasteiger partial charge in [0.15, 0.2) is 0 Å². The Bertz CT molecular complexity index is 1000. The van der Waals surface area contributed by atoms with Crippen LogP contribution in [0.2, 0.25) is 0 Å². The number of fused-ring (bicyclic) bond motifs is 4. The first-order valence-electron chi connectivity index (χ1n) is 10.4. The van der Waals surface area contributed by atoms with Crippen LogP contribution in [0, 0.1) is 11.8 Å². The van der Waals surface area contributed by atoms with E-state index in [1.54, 1.807) is 13.3 Å². The van der Waals surface area contributed by atoms with E-state index in [1.165, 1.54) is 6.42 Å². The molecule has 32 heavy (non-hydrogen) atoms. The van der Waals surface area contributed by atoms with Crippen LogP contribution < -0.4 is 4.74 Å². The first-order chi connectivity index (χ1) is 15.3. The number of piperidine rings is 3. The van der Waals surface area contributed by atoms with Crippen molar-refractivity contribution in [2.45, 2.75) is 25.0 Å². The van der Waals surface area contributed by atoms with Crippen molar-refractivity contribution in [1.82, 2.24) is 9.88 Å². The minimum absolute atomic E-state index is 0.178. The van der Waals surface area contributed by atoms with Gasteiger partial charge in [-0.05, 0) is 61.1 Å². The summed E-state index contributed by atoms with van der Waals surface area (Å²) in [7, 11) is 1.66. The summed E-state index contributed by atoms with van der Waals surface area (Å²) in [4.78, 5) is 26.0. The summed E-state index contributed by atoms with van der Waals surface area (Å²) in [5.74, 6) is -0.507. The lowest BCUT2D eigenvalue weighted by Gasteiger charge is -2.50. The fourth-order valence-electron chi connectivity index (χ4n) is 4.59. The standard InChI is InChI=1S/C20H24N2O2.C4H4O4/c1-3-13-12-22-9-7-14(13)10-19(22)20(23)16-6-8-21-18-5-4-15(24-2)11-17(16)18;5-3(6)1-2-4(7)8/h3-6,8,11,13-14,19-20,23H,1,7,9-10,12H2,2H3;1-2H,(H,5,6)(H,7,8)/b;2-1+/t13-,14?,19+,20?;/m1./s1. The number of hydrogen-bond acceptors (Lipinski definition) is 6. The van der Waals surface area contributed by atoms with Crippen LogP contribution in [0.15, 0.2) is 55.3 Å². The molecular weight excluding hydrogens is 412 g/mol. The molecule has 5 rings (SSSR count). The highest BCUT2D eigenvalue weighted by Crippen LogP contribution is 2.42. The van der Waals surface area contributed by atoms with Crippen LogP contribution in [-0.2, 0) is 9.59 Å². The molecule has 3 unspecified atom stereocenters. The van der Waals surface area contributed by atoms with Crippen molar-refractivity contribution in [2.24, 2.45) is 11.8 Å². The second-order valence-electron chi connectivity index (χ2n) is 7.98. The number of carboxylic acid groups (broad SMARTS) is 2. The molecule has 170 valence electrons. The summed E-state index contributed by atoms with van der Waals surface area (Å²) >= 11 is 0. The molecule has 0 radical (unpaired) electrons. The van der Waals surface area contributed by atoms with Crippen molar-refractivity contribution in [3.8, 4) is 5.75 Å². The third-order valence-electron chi connectivity index (χ3n) is 6.19. The van der Waals surface area contributed by atoms with Crippen LogP contribution in [0.25, 0.3) is 10.9 Å². The van der Waals surface area contributed by atoms with Crippen molar-refractivity contribution in [3.05, 3.63) is 60.8 Å². The lowest BCUT2D eigenvalue weighted by Crippen LogP contribution is -2.54. The fraction of sp³-hybridized carbons (Fsp3) is 0.375. The molecule has 5 atom stereocenters. The van der Waals surface area contributed by atoms with Crippen LogP contribution in [0.4, 0.5) is 0 Å². The Kier molecular flexibility index (Phi) is 7.61. The summed E-state index contributed by atoms with van der Waals surface area (Å²) in [5.41, 5.74) is 1.85. The molecule has 0 saturated carbocycles. The average Bonchev–Trinajstić information content (AvgIpc) is 2.82. The molecule has 8 nitrogen and oxygen atoms in total. The third kappa shape index (κ3) is 5.33. The smallest absolute Gasteiger partial charge is 0.328 e. The molecule has 4 heterocycles. The second-order valence-corrected chi connectivity index (χ2v) is 7.98. The molecular formula is C24H28N2O6. The summed E-state index contributed by atoms with van der Waals surface area (Å²) < 4.78 is 5.35. The Labute approximate surface area is 186 Å². The zero-order valence-electron chi connectivity index (χ0n) is 17.9. The Balaban J connectivity index is 0.000000312. The van der Waals surface area contributed by atoms with Crippen molar-refractivity contribution in [3.63, 3.8) is 0 Å². The molecule has 3 saturated heterocycles. The molecule has 0 aliphatic carbocycles. The van der Waals surface area contributed by atoms with E-state index in [9.17, 15) is 14.7 Å². The fourth-order valence-corrected chi connectivity index (χ4v) is 4.59. The first kappa shape index (κ1) is 23.4. The van der Waals surface area contributed by atoms with Crippen LogP contribution in [0.1, 0.15) is 24.5 Å². The summed E-state index contributed by atoms with van der Waals surface area (Å²) in [5, 5.41) is 27.8. The van der Waals surface area contributed by atoms with E-state index in [0.717, 1.165) is 41.7 Å². The maximum absolute atomic E-state index is 11.2. The van der Waals surface area contributed by atoms with E-state index >= 15 is 0 Å². The molecule has 3 aliphatic heterocycles. The Hall–Kier alpha value is -3.23. The zero-order valence-corrected chi connectivity index (χ0v) is 17.9. The maximum Gasteiger partial charge on any atom is 0.328 e. The number of pyridine rings is 1. The third-order valence-corrected chi connectivity index (χ3v) is 6.19. The van der Waals surface area contributed by atoms with Gasteiger partial charge in [-0.1, -0.05) is 6.08 Å². The number of carbonyl (C=O) groups is 2. The number of aliphatic carboxylic acids is 2. The Morgan fingerprint density at radius 2 is 1.97 bits per heavy atom. The molecule has 3 fully saturated rings. The molecule has 2 aromatic rings. The number of aliphatic hydroxyl groups is 1. The molecule has 3 aliphatic rings. The van der Waals surface area contributed by atoms with Gasteiger partial charge in [0.05, 0.1) is 18.7 Å². The zero-order chi connectivity index (χ0) is 23.3. The Morgan fingerprint density at radius 3 is 2.53 bits per heavy atom. The van der Waals surface area contributed by atoms with E-state index in [4.69, 9.17) is 14.9 Å². The van der Waals surface area contributed by atoms with Gasteiger partial charge in [-0.2, -0.15) is 0 Å². The number of aromatic nitrogens is 1. The predicted molar refractivity (Wildman–Crippen MR) is 119 cm³/mol. The molecule has 1 aromatic heterocycles. The normalized spacial score (nSPS) is 25.1. The minimum atomic E-state index is -1.26. The number of methoxy groups -OCH3 is 1.